The highest BCUT2D eigenvalue weighted by Gasteiger charge is 2.27. The maximum Gasteiger partial charge on any atom is 0.309 e. The van der Waals surface area contributed by atoms with Crippen molar-refractivity contribution < 1.29 is 14.3 Å². The molecule has 8 heteroatoms. The van der Waals surface area contributed by atoms with E-state index in [0.717, 1.165) is 10.7 Å². The van der Waals surface area contributed by atoms with E-state index in [1.54, 1.807) is 35.5 Å². The van der Waals surface area contributed by atoms with Gasteiger partial charge in [0.05, 0.1) is 18.0 Å². The molecule has 1 fully saturated rings. The summed E-state index contributed by atoms with van der Waals surface area (Å²) in [5, 5.41) is 10.8. The van der Waals surface area contributed by atoms with E-state index in [1.165, 1.54) is 0 Å². The molecular formula is C20H22N4O3S. The number of piperidine rings is 1. The quantitative estimate of drug-likeness (QED) is 0.695. The van der Waals surface area contributed by atoms with Crippen molar-refractivity contribution in [2.75, 3.05) is 31.6 Å². The fourth-order valence-corrected chi connectivity index (χ4v) is 3.83. The first-order valence-electron chi connectivity index (χ1n) is 9.11. The number of rotatable bonds is 6. The van der Waals surface area contributed by atoms with Gasteiger partial charge >= 0.3 is 5.97 Å². The second-order valence-electron chi connectivity index (χ2n) is 6.72. The minimum atomic E-state index is -0.315. The van der Waals surface area contributed by atoms with Gasteiger partial charge in [0.2, 0.25) is 0 Å². The Morgan fingerprint density at radius 2 is 2.14 bits per heavy atom. The van der Waals surface area contributed by atoms with Crippen LogP contribution >= 0.6 is 11.3 Å². The molecule has 0 unspecified atom stereocenters. The number of thiophene rings is 1. The third-order valence-corrected chi connectivity index (χ3v) is 5.63. The Labute approximate surface area is 168 Å². The van der Waals surface area contributed by atoms with Gasteiger partial charge in [-0.2, -0.15) is 5.26 Å². The lowest BCUT2D eigenvalue weighted by molar-refractivity contribution is -0.155. The van der Waals surface area contributed by atoms with Crippen molar-refractivity contribution in [3.05, 3.63) is 46.3 Å². The van der Waals surface area contributed by atoms with Crippen molar-refractivity contribution in [2.45, 2.75) is 19.4 Å². The third kappa shape index (κ3) is 5.08. The highest BCUT2D eigenvalue weighted by atomic mass is 32.1. The molecule has 0 bridgehead atoms. The lowest BCUT2D eigenvalue weighted by atomic mass is 9.97. The van der Waals surface area contributed by atoms with Crippen LogP contribution in [-0.4, -0.2) is 48.5 Å². The lowest BCUT2D eigenvalue weighted by Crippen LogP contribution is -2.38. The van der Waals surface area contributed by atoms with E-state index in [4.69, 9.17) is 10.00 Å². The van der Waals surface area contributed by atoms with Crippen LogP contribution in [0.2, 0.25) is 0 Å². The predicted octanol–water partition coefficient (Wildman–Crippen LogP) is 2.43. The van der Waals surface area contributed by atoms with E-state index in [2.05, 4.69) is 9.88 Å². The molecule has 2 aromatic heterocycles. The van der Waals surface area contributed by atoms with Gasteiger partial charge in [0.15, 0.2) is 6.61 Å². The van der Waals surface area contributed by atoms with Crippen molar-refractivity contribution >= 4 is 29.0 Å². The van der Waals surface area contributed by atoms with Gasteiger partial charge < -0.3 is 14.5 Å². The van der Waals surface area contributed by atoms with Crippen LogP contribution in [0.4, 0.5) is 5.82 Å². The molecule has 0 saturated carbocycles. The van der Waals surface area contributed by atoms with Crippen molar-refractivity contribution in [2.24, 2.45) is 5.92 Å². The van der Waals surface area contributed by atoms with Crippen LogP contribution in [0.5, 0.6) is 0 Å². The summed E-state index contributed by atoms with van der Waals surface area (Å²) in [5.41, 5.74) is 0.524. The van der Waals surface area contributed by atoms with Crippen LogP contribution in [0.25, 0.3) is 0 Å². The number of hydrogen-bond donors (Lipinski definition) is 0. The highest BCUT2D eigenvalue weighted by molar-refractivity contribution is 7.09. The molecule has 7 nitrogen and oxygen atoms in total. The molecule has 3 rings (SSSR count). The van der Waals surface area contributed by atoms with Crippen LogP contribution in [0.1, 0.15) is 23.3 Å². The molecule has 2 aromatic rings. The first kappa shape index (κ1) is 19.8. The number of amides is 1. The van der Waals surface area contributed by atoms with Gasteiger partial charge in [-0.1, -0.05) is 6.07 Å². The van der Waals surface area contributed by atoms with Crippen molar-refractivity contribution in [3.63, 3.8) is 0 Å². The topological polar surface area (TPSA) is 86.5 Å². The molecule has 1 aliphatic heterocycles. The van der Waals surface area contributed by atoms with E-state index in [-0.39, 0.29) is 24.4 Å². The van der Waals surface area contributed by atoms with Gasteiger partial charge in [-0.3, -0.25) is 9.59 Å². The minimum Gasteiger partial charge on any atom is -0.455 e. The van der Waals surface area contributed by atoms with E-state index < -0.39 is 0 Å². The molecule has 1 amide bonds. The number of ether oxygens (including phenoxy) is 1. The summed E-state index contributed by atoms with van der Waals surface area (Å²) in [6.45, 7) is 1.66. The molecule has 28 heavy (non-hydrogen) atoms. The Kier molecular flexibility index (Phi) is 6.61. The van der Waals surface area contributed by atoms with E-state index in [1.807, 2.05) is 29.6 Å². The molecule has 0 aliphatic carbocycles. The van der Waals surface area contributed by atoms with Crippen LogP contribution in [0.3, 0.4) is 0 Å². The summed E-state index contributed by atoms with van der Waals surface area (Å²) in [7, 11) is 1.71. The average Bonchev–Trinajstić information content (AvgIpc) is 3.25. The van der Waals surface area contributed by atoms with Crippen molar-refractivity contribution in [1.82, 2.24) is 9.88 Å². The summed E-state index contributed by atoms with van der Waals surface area (Å²) in [4.78, 5) is 33.5. The number of carbonyl (C=O) groups excluding carboxylic acids is 2. The number of nitriles is 1. The Balaban J connectivity index is 1.42. The zero-order valence-corrected chi connectivity index (χ0v) is 16.5. The van der Waals surface area contributed by atoms with Gasteiger partial charge in [-0.05, 0) is 36.4 Å². The smallest absolute Gasteiger partial charge is 0.309 e. The zero-order valence-electron chi connectivity index (χ0n) is 15.7. The summed E-state index contributed by atoms with van der Waals surface area (Å²) >= 11 is 1.59. The van der Waals surface area contributed by atoms with Crippen LogP contribution in [-0.2, 0) is 20.9 Å². The van der Waals surface area contributed by atoms with Crippen molar-refractivity contribution in [3.8, 4) is 6.07 Å². The maximum atomic E-state index is 12.3. The van der Waals surface area contributed by atoms with Gasteiger partial charge in [0.1, 0.15) is 11.9 Å². The van der Waals surface area contributed by atoms with Gasteiger partial charge in [-0.15, -0.1) is 11.3 Å². The summed E-state index contributed by atoms with van der Waals surface area (Å²) in [6, 6.07) is 9.52. The third-order valence-electron chi connectivity index (χ3n) is 4.77. The van der Waals surface area contributed by atoms with E-state index >= 15 is 0 Å². The molecule has 0 aromatic carbocycles. The maximum absolute atomic E-state index is 12.3. The number of pyridine rings is 1. The number of carbonyl (C=O) groups is 2. The molecule has 1 aliphatic rings. The second kappa shape index (κ2) is 9.33. The largest absolute Gasteiger partial charge is 0.455 e. The number of nitrogens with zero attached hydrogens (tertiary/aromatic N) is 4. The highest BCUT2D eigenvalue weighted by Crippen LogP contribution is 2.23. The SMILES string of the molecule is CN(Cc1cccs1)C(=O)COC(=O)C1CCN(c2ccc(C#N)cn2)CC1. The molecule has 0 spiro atoms. The lowest BCUT2D eigenvalue weighted by Gasteiger charge is -2.31. The van der Waals surface area contributed by atoms with Gasteiger partial charge in [-0.25, -0.2) is 4.98 Å². The normalized spacial score (nSPS) is 14.4. The monoisotopic (exact) mass is 398 g/mol. The molecule has 0 radical (unpaired) electrons. The van der Waals surface area contributed by atoms with Gasteiger partial charge in [0.25, 0.3) is 5.91 Å². The minimum absolute atomic E-state index is 0.204. The first-order chi connectivity index (χ1) is 13.6. The first-order valence-corrected chi connectivity index (χ1v) is 9.99. The average molecular weight is 398 g/mol. The Bertz CT molecular complexity index is 837. The summed E-state index contributed by atoms with van der Waals surface area (Å²) < 4.78 is 5.26. The predicted molar refractivity (Wildman–Crippen MR) is 106 cm³/mol. The Hall–Kier alpha value is -2.92. The molecule has 1 saturated heterocycles. The number of likely N-dealkylation sites (N-methyl/N-ethyl adjacent to an activating group) is 1. The molecule has 0 atom stereocenters. The standard InChI is InChI=1S/C20H22N4O3S/c1-23(13-17-3-2-10-28-17)19(25)14-27-20(26)16-6-8-24(9-7-16)18-5-4-15(11-21)12-22-18/h2-5,10,12,16H,6-9,13-14H2,1H3. The number of esters is 1. The van der Waals surface area contributed by atoms with Crippen molar-refractivity contribution in [1.29, 1.82) is 5.26 Å². The number of aromatic nitrogens is 1. The van der Waals surface area contributed by atoms with Crippen LogP contribution < -0.4 is 4.90 Å². The molecule has 0 N–H and O–H groups in total. The fourth-order valence-electron chi connectivity index (χ4n) is 3.07. The Morgan fingerprint density at radius 3 is 2.75 bits per heavy atom. The van der Waals surface area contributed by atoms with E-state index in [0.29, 0.717) is 38.0 Å². The number of hydrogen-bond acceptors (Lipinski definition) is 7. The Morgan fingerprint density at radius 1 is 1.36 bits per heavy atom. The fraction of sp³-hybridized carbons (Fsp3) is 0.400. The summed E-state index contributed by atoms with van der Waals surface area (Å²) in [6.07, 6.45) is 2.85. The van der Waals surface area contributed by atoms with Crippen LogP contribution in [0.15, 0.2) is 35.8 Å². The van der Waals surface area contributed by atoms with E-state index in [9.17, 15) is 9.59 Å². The molecular weight excluding hydrogens is 376 g/mol. The summed E-state index contributed by atoms with van der Waals surface area (Å²) in [5.74, 6) is 0.0764. The number of anilines is 1. The van der Waals surface area contributed by atoms with Gasteiger partial charge in [0, 0.05) is 31.2 Å². The zero-order chi connectivity index (χ0) is 19.9. The van der Waals surface area contributed by atoms with Crippen LogP contribution in [0, 0.1) is 17.2 Å². The molecule has 146 valence electrons. The molecule has 3 heterocycles. The second-order valence-corrected chi connectivity index (χ2v) is 7.75.